The second kappa shape index (κ2) is 8.15. The van der Waals surface area contributed by atoms with Crippen LogP contribution in [0, 0.1) is 0 Å². The first-order valence-electron chi connectivity index (χ1n) is 8.75. The average molecular weight is 400 g/mol. The number of carbonyl (C=O) groups is 1. The zero-order valence-corrected chi connectivity index (χ0v) is 16.1. The van der Waals surface area contributed by atoms with Crippen LogP contribution in [0.3, 0.4) is 0 Å². The van der Waals surface area contributed by atoms with E-state index >= 15 is 0 Å². The van der Waals surface area contributed by atoms with Crippen molar-refractivity contribution in [3.8, 4) is 11.4 Å². The smallest absolute Gasteiger partial charge is 0.236 e. The minimum Gasteiger partial charge on any atom is -0.338 e. The van der Waals surface area contributed by atoms with E-state index in [-0.39, 0.29) is 5.91 Å². The van der Waals surface area contributed by atoms with E-state index in [0.717, 1.165) is 24.1 Å². The Morgan fingerprint density at radius 2 is 2.07 bits per heavy atom. The number of halogens is 1. The van der Waals surface area contributed by atoms with Crippen LogP contribution < -0.4 is 5.32 Å². The van der Waals surface area contributed by atoms with Crippen LogP contribution in [0.2, 0.25) is 5.02 Å². The van der Waals surface area contributed by atoms with Gasteiger partial charge in [0.2, 0.25) is 17.6 Å². The van der Waals surface area contributed by atoms with Gasteiger partial charge in [0.15, 0.2) is 0 Å². The molecule has 0 fully saturated rings. The Morgan fingerprint density at radius 3 is 2.96 bits per heavy atom. The standard InChI is InChI=1S/C20H18ClN3O2S/c21-16-6-2-5-15(9-16)20-23-19(26-24-20)12-27-11-18(25)22-17-8-7-13-3-1-4-14(13)10-17/h2,5-10H,1,3-4,11-12H2,(H,22,25). The molecule has 1 aliphatic carbocycles. The number of rotatable bonds is 6. The first-order valence-corrected chi connectivity index (χ1v) is 10.3. The molecule has 0 saturated heterocycles. The number of carbonyl (C=O) groups excluding carboxylic acids is 1. The first kappa shape index (κ1) is 18.1. The minimum atomic E-state index is -0.0347. The van der Waals surface area contributed by atoms with Gasteiger partial charge < -0.3 is 9.84 Å². The van der Waals surface area contributed by atoms with Gasteiger partial charge in [-0.25, -0.2) is 0 Å². The van der Waals surface area contributed by atoms with Gasteiger partial charge in [0, 0.05) is 16.3 Å². The molecule has 0 saturated carbocycles. The molecule has 1 aliphatic rings. The number of hydrogen-bond acceptors (Lipinski definition) is 5. The number of anilines is 1. The maximum atomic E-state index is 12.2. The van der Waals surface area contributed by atoms with E-state index in [1.165, 1.54) is 29.3 Å². The lowest BCUT2D eigenvalue weighted by Crippen LogP contribution is -2.14. The van der Waals surface area contributed by atoms with Gasteiger partial charge in [0.1, 0.15) is 0 Å². The van der Waals surface area contributed by atoms with Gasteiger partial charge >= 0.3 is 0 Å². The lowest BCUT2D eigenvalue weighted by molar-refractivity contribution is -0.113. The number of aryl methyl sites for hydroxylation is 2. The lowest BCUT2D eigenvalue weighted by Gasteiger charge is -2.07. The number of amides is 1. The summed E-state index contributed by atoms with van der Waals surface area (Å²) in [6.07, 6.45) is 3.44. The Bertz CT molecular complexity index is 973. The Morgan fingerprint density at radius 1 is 1.19 bits per heavy atom. The van der Waals surface area contributed by atoms with E-state index < -0.39 is 0 Å². The molecular weight excluding hydrogens is 382 g/mol. The molecule has 3 aromatic rings. The van der Waals surface area contributed by atoms with Crippen molar-refractivity contribution in [2.75, 3.05) is 11.1 Å². The van der Waals surface area contributed by atoms with Crippen molar-refractivity contribution in [2.24, 2.45) is 0 Å². The monoisotopic (exact) mass is 399 g/mol. The van der Waals surface area contributed by atoms with E-state index in [9.17, 15) is 4.79 Å². The molecule has 1 aromatic heterocycles. The number of nitrogens with one attached hydrogen (secondary N) is 1. The molecule has 0 unspecified atom stereocenters. The van der Waals surface area contributed by atoms with Crippen LogP contribution in [-0.4, -0.2) is 21.8 Å². The first-order chi connectivity index (χ1) is 13.2. The number of benzene rings is 2. The lowest BCUT2D eigenvalue weighted by atomic mass is 10.1. The third-order valence-corrected chi connectivity index (χ3v) is 5.54. The van der Waals surface area contributed by atoms with Crippen LogP contribution >= 0.6 is 23.4 Å². The summed E-state index contributed by atoms with van der Waals surface area (Å²) in [5.74, 6) is 1.75. The molecule has 0 aliphatic heterocycles. The molecule has 2 aromatic carbocycles. The molecule has 27 heavy (non-hydrogen) atoms. The third-order valence-electron chi connectivity index (χ3n) is 4.39. The zero-order chi connectivity index (χ0) is 18.6. The molecule has 0 spiro atoms. The van der Waals surface area contributed by atoms with Gasteiger partial charge in [-0.3, -0.25) is 4.79 Å². The summed E-state index contributed by atoms with van der Waals surface area (Å²) in [4.78, 5) is 16.5. The molecule has 0 radical (unpaired) electrons. The fraction of sp³-hybridized carbons (Fsp3) is 0.250. The summed E-state index contributed by atoms with van der Waals surface area (Å²) in [6, 6.07) is 13.5. The Labute approximate surface area is 166 Å². The molecule has 7 heteroatoms. The van der Waals surface area contributed by atoms with E-state index in [1.807, 2.05) is 18.2 Å². The van der Waals surface area contributed by atoms with Crippen molar-refractivity contribution < 1.29 is 9.32 Å². The molecule has 1 N–H and O–H groups in total. The van der Waals surface area contributed by atoms with Crippen LogP contribution in [0.4, 0.5) is 5.69 Å². The predicted molar refractivity (Wildman–Crippen MR) is 108 cm³/mol. The highest BCUT2D eigenvalue weighted by Crippen LogP contribution is 2.25. The molecule has 1 amide bonds. The van der Waals surface area contributed by atoms with Crippen molar-refractivity contribution in [1.29, 1.82) is 0 Å². The number of nitrogens with zero attached hydrogens (tertiary/aromatic N) is 2. The highest BCUT2D eigenvalue weighted by atomic mass is 35.5. The van der Waals surface area contributed by atoms with E-state index in [4.69, 9.17) is 16.1 Å². The van der Waals surface area contributed by atoms with Crippen LogP contribution in [0.1, 0.15) is 23.4 Å². The maximum Gasteiger partial charge on any atom is 0.236 e. The normalized spacial score (nSPS) is 12.8. The van der Waals surface area contributed by atoms with Gasteiger partial charge in [-0.05, 0) is 54.7 Å². The Hall–Kier alpha value is -2.31. The summed E-state index contributed by atoms with van der Waals surface area (Å²) in [5.41, 5.74) is 4.41. The summed E-state index contributed by atoms with van der Waals surface area (Å²) < 4.78 is 5.25. The van der Waals surface area contributed by atoms with E-state index in [0.29, 0.717) is 28.2 Å². The maximum absolute atomic E-state index is 12.2. The van der Waals surface area contributed by atoms with E-state index in [1.54, 1.807) is 12.1 Å². The number of hydrogen-bond donors (Lipinski definition) is 1. The molecule has 5 nitrogen and oxygen atoms in total. The zero-order valence-electron chi connectivity index (χ0n) is 14.6. The van der Waals surface area contributed by atoms with Gasteiger partial charge in [-0.15, -0.1) is 11.8 Å². The fourth-order valence-corrected chi connectivity index (χ4v) is 3.98. The molecule has 4 rings (SSSR count). The minimum absolute atomic E-state index is 0.0347. The van der Waals surface area contributed by atoms with Gasteiger partial charge in [-0.1, -0.05) is 35.0 Å². The summed E-state index contributed by atoms with van der Waals surface area (Å²) in [5, 5.41) is 7.54. The average Bonchev–Trinajstić information content (AvgIpc) is 3.30. The molecule has 138 valence electrons. The topological polar surface area (TPSA) is 68.0 Å². The van der Waals surface area contributed by atoms with Crippen LogP contribution in [0.5, 0.6) is 0 Å². The van der Waals surface area contributed by atoms with Crippen molar-refractivity contribution >= 4 is 35.0 Å². The number of aromatic nitrogens is 2. The second-order valence-electron chi connectivity index (χ2n) is 6.40. The Kier molecular flexibility index (Phi) is 5.45. The van der Waals surface area contributed by atoms with Crippen LogP contribution in [0.15, 0.2) is 47.0 Å². The van der Waals surface area contributed by atoms with E-state index in [2.05, 4.69) is 27.6 Å². The van der Waals surface area contributed by atoms with Crippen LogP contribution in [-0.2, 0) is 23.4 Å². The Balaban J connectivity index is 1.28. The van der Waals surface area contributed by atoms with Crippen molar-refractivity contribution in [3.05, 3.63) is 64.5 Å². The number of thioether (sulfide) groups is 1. The van der Waals surface area contributed by atoms with Gasteiger partial charge in [-0.2, -0.15) is 4.98 Å². The van der Waals surface area contributed by atoms with Crippen molar-refractivity contribution in [2.45, 2.75) is 25.0 Å². The fourth-order valence-electron chi connectivity index (χ4n) is 3.14. The molecule has 1 heterocycles. The summed E-state index contributed by atoms with van der Waals surface area (Å²) >= 11 is 7.42. The third kappa shape index (κ3) is 4.51. The summed E-state index contributed by atoms with van der Waals surface area (Å²) in [6.45, 7) is 0. The molecule has 0 atom stereocenters. The SMILES string of the molecule is O=C(CSCc1nc(-c2cccc(Cl)c2)no1)Nc1ccc2c(c1)CCC2. The quantitative estimate of drug-likeness (QED) is 0.647. The predicted octanol–water partition coefficient (Wildman–Crippen LogP) is 4.75. The van der Waals surface area contributed by atoms with Gasteiger partial charge in [0.25, 0.3) is 0 Å². The van der Waals surface area contributed by atoms with Gasteiger partial charge in [0.05, 0.1) is 11.5 Å². The highest BCUT2D eigenvalue weighted by Gasteiger charge is 2.13. The van der Waals surface area contributed by atoms with Crippen molar-refractivity contribution in [3.63, 3.8) is 0 Å². The largest absolute Gasteiger partial charge is 0.338 e. The van der Waals surface area contributed by atoms with Crippen molar-refractivity contribution in [1.82, 2.24) is 10.1 Å². The number of fused-ring (bicyclic) bond motifs is 1. The summed E-state index contributed by atoms with van der Waals surface area (Å²) in [7, 11) is 0. The molecular formula is C20H18ClN3O2S. The molecule has 0 bridgehead atoms. The highest BCUT2D eigenvalue weighted by molar-refractivity contribution is 7.99. The second-order valence-corrected chi connectivity index (χ2v) is 7.82. The van der Waals surface area contributed by atoms with Crippen LogP contribution in [0.25, 0.3) is 11.4 Å².